The summed E-state index contributed by atoms with van der Waals surface area (Å²) in [6, 6.07) is 0.233. The van der Waals surface area contributed by atoms with Gasteiger partial charge in [-0.25, -0.2) is 4.68 Å². The molecule has 9 heteroatoms. The highest BCUT2D eigenvalue weighted by Gasteiger charge is 2.17. The van der Waals surface area contributed by atoms with Crippen molar-refractivity contribution in [2.75, 3.05) is 32.6 Å². The summed E-state index contributed by atoms with van der Waals surface area (Å²) in [6.07, 6.45) is 1.77. The van der Waals surface area contributed by atoms with Crippen molar-refractivity contribution in [3.63, 3.8) is 0 Å². The molecule has 1 aromatic heterocycles. The van der Waals surface area contributed by atoms with Gasteiger partial charge in [-0.3, -0.25) is 4.79 Å². The van der Waals surface area contributed by atoms with Crippen molar-refractivity contribution < 1.29 is 9.53 Å². The van der Waals surface area contributed by atoms with Gasteiger partial charge in [0.05, 0.1) is 12.3 Å². The Morgan fingerprint density at radius 2 is 2.30 bits per heavy atom. The summed E-state index contributed by atoms with van der Waals surface area (Å²) >= 11 is 1.36. The molecule has 1 aliphatic rings. The SMILES string of the molecule is CNCCn1nnnc1SCC(=O)NC1CCOCC1. The molecule has 2 N–H and O–H groups in total. The van der Waals surface area contributed by atoms with Crippen LogP contribution in [-0.4, -0.2) is 64.7 Å². The lowest BCUT2D eigenvalue weighted by Crippen LogP contribution is -2.39. The number of nitrogens with zero attached hydrogens (tertiary/aromatic N) is 4. The van der Waals surface area contributed by atoms with Gasteiger partial charge in [0, 0.05) is 25.8 Å². The van der Waals surface area contributed by atoms with Gasteiger partial charge in [0.1, 0.15) is 0 Å². The number of carbonyl (C=O) groups excluding carboxylic acids is 1. The number of ether oxygens (including phenoxy) is 1. The summed E-state index contributed by atoms with van der Waals surface area (Å²) in [5, 5.41) is 18.2. The molecule has 1 aliphatic heterocycles. The van der Waals surface area contributed by atoms with Gasteiger partial charge in [0.2, 0.25) is 11.1 Å². The topological polar surface area (TPSA) is 94.0 Å². The van der Waals surface area contributed by atoms with Crippen LogP contribution in [0.15, 0.2) is 5.16 Å². The van der Waals surface area contributed by atoms with Gasteiger partial charge in [0.25, 0.3) is 0 Å². The largest absolute Gasteiger partial charge is 0.381 e. The zero-order valence-corrected chi connectivity index (χ0v) is 12.4. The highest BCUT2D eigenvalue weighted by molar-refractivity contribution is 7.99. The molecule has 1 saturated heterocycles. The van der Waals surface area contributed by atoms with Gasteiger partial charge < -0.3 is 15.4 Å². The van der Waals surface area contributed by atoms with E-state index in [9.17, 15) is 4.79 Å². The number of hydrogen-bond acceptors (Lipinski definition) is 7. The van der Waals surface area contributed by atoms with E-state index in [0.29, 0.717) is 17.5 Å². The molecule has 0 unspecified atom stereocenters. The number of tetrazole rings is 1. The van der Waals surface area contributed by atoms with Gasteiger partial charge in [-0.15, -0.1) is 5.10 Å². The molecule has 8 nitrogen and oxygen atoms in total. The van der Waals surface area contributed by atoms with Crippen LogP contribution < -0.4 is 10.6 Å². The van der Waals surface area contributed by atoms with Crippen LogP contribution in [0.2, 0.25) is 0 Å². The van der Waals surface area contributed by atoms with E-state index in [2.05, 4.69) is 26.2 Å². The molecule has 0 radical (unpaired) electrons. The van der Waals surface area contributed by atoms with E-state index in [1.807, 2.05) is 7.05 Å². The molecule has 1 aromatic rings. The lowest BCUT2D eigenvalue weighted by molar-refractivity contribution is -0.119. The fourth-order valence-corrected chi connectivity index (χ4v) is 2.61. The van der Waals surface area contributed by atoms with Gasteiger partial charge in [-0.1, -0.05) is 11.8 Å². The van der Waals surface area contributed by atoms with Crippen LogP contribution in [-0.2, 0) is 16.1 Å². The van der Waals surface area contributed by atoms with Crippen molar-refractivity contribution >= 4 is 17.7 Å². The number of aromatic nitrogens is 4. The number of likely N-dealkylation sites (N-methyl/N-ethyl adjacent to an activating group) is 1. The Morgan fingerprint density at radius 3 is 3.05 bits per heavy atom. The lowest BCUT2D eigenvalue weighted by atomic mass is 10.1. The Morgan fingerprint density at radius 1 is 1.50 bits per heavy atom. The van der Waals surface area contributed by atoms with Crippen molar-refractivity contribution in [2.45, 2.75) is 30.6 Å². The first kappa shape index (κ1) is 15.2. The second-order valence-electron chi connectivity index (χ2n) is 4.53. The molecule has 0 aromatic carbocycles. The normalized spacial score (nSPS) is 16.2. The molecule has 1 amide bonds. The molecule has 0 spiro atoms. The Labute approximate surface area is 122 Å². The van der Waals surface area contributed by atoms with Gasteiger partial charge in [-0.2, -0.15) is 0 Å². The minimum absolute atomic E-state index is 0.0186. The summed E-state index contributed by atoms with van der Waals surface area (Å²) in [4.78, 5) is 11.9. The van der Waals surface area contributed by atoms with Crippen molar-refractivity contribution in [1.82, 2.24) is 30.8 Å². The minimum atomic E-state index is 0.0186. The van der Waals surface area contributed by atoms with E-state index >= 15 is 0 Å². The second kappa shape index (κ2) is 8.18. The molecular weight excluding hydrogens is 280 g/mol. The standard InChI is InChI=1S/C11H20N6O2S/c1-12-4-5-17-11(14-15-16-17)20-8-10(18)13-9-2-6-19-7-3-9/h9,12H,2-8H2,1H3,(H,13,18). The van der Waals surface area contributed by atoms with E-state index in [-0.39, 0.29) is 11.9 Å². The van der Waals surface area contributed by atoms with E-state index in [1.165, 1.54) is 11.8 Å². The molecule has 0 bridgehead atoms. The third-order valence-electron chi connectivity index (χ3n) is 2.99. The fraction of sp³-hybridized carbons (Fsp3) is 0.818. The summed E-state index contributed by atoms with van der Waals surface area (Å²) in [6.45, 7) is 2.92. The van der Waals surface area contributed by atoms with Gasteiger partial charge in [0.15, 0.2) is 0 Å². The van der Waals surface area contributed by atoms with Crippen LogP contribution in [0.4, 0.5) is 0 Å². The van der Waals surface area contributed by atoms with Crippen LogP contribution in [0, 0.1) is 0 Å². The Hall–Kier alpha value is -1.19. The van der Waals surface area contributed by atoms with Gasteiger partial charge in [-0.05, 0) is 30.3 Å². The smallest absolute Gasteiger partial charge is 0.230 e. The zero-order valence-electron chi connectivity index (χ0n) is 11.5. The Balaban J connectivity index is 1.73. The maximum absolute atomic E-state index is 11.9. The molecule has 0 saturated carbocycles. The van der Waals surface area contributed by atoms with Crippen molar-refractivity contribution in [2.24, 2.45) is 0 Å². The number of nitrogens with one attached hydrogen (secondary N) is 2. The van der Waals surface area contributed by atoms with E-state index in [0.717, 1.165) is 32.6 Å². The quantitative estimate of drug-likeness (QED) is 0.642. The highest BCUT2D eigenvalue weighted by Crippen LogP contribution is 2.13. The molecule has 2 rings (SSSR count). The zero-order chi connectivity index (χ0) is 14.2. The monoisotopic (exact) mass is 300 g/mol. The van der Waals surface area contributed by atoms with Crippen LogP contribution in [0.25, 0.3) is 0 Å². The molecule has 112 valence electrons. The Bertz CT molecular complexity index is 421. The average molecular weight is 300 g/mol. The molecule has 0 atom stereocenters. The predicted octanol–water partition coefficient (Wildman–Crippen LogP) is -0.720. The number of hydrogen-bond donors (Lipinski definition) is 2. The van der Waals surface area contributed by atoms with Crippen LogP contribution >= 0.6 is 11.8 Å². The summed E-state index contributed by atoms with van der Waals surface area (Å²) in [5.41, 5.74) is 0. The van der Waals surface area contributed by atoms with Crippen molar-refractivity contribution in [3.05, 3.63) is 0 Å². The number of amides is 1. The van der Waals surface area contributed by atoms with E-state index in [1.54, 1.807) is 4.68 Å². The molecular formula is C11H20N6O2S. The first-order valence-corrected chi connectivity index (χ1v) is 7.69. The molecule has 1 fully saturated rings. The van der Waals surface area contributed by atoms with Crippen molar-refractivity contribution in [1.29, 1.82) is 0 Å². The van der Waals surface area contributed by atoms with E-state index < -0.39 is 0 Å². The van der Waals surface area contributed by atoms with Crippen LogP contribution in [0.1, 0.15) is 12.8 Å². The summed E-state index contributed by atoms with van der Waals surface area (Å²) in [5.74, 6) is 0.349. The fourth-order valence-electron chi connectivity index (χ4n) is 1.90. The third kappa shape index (κ3) is 4.73. The van der Waals surface area contributed by atoms with Crippen molar-refractivity contribution in [3.8, 4) is 0 Å². The number of thioether (sulfide) groups is 1. The predicted molar refractivity (Wildman–Crippen MR) is 74.5 cm³/mol. The van der Waals surface area contributed by atoms with E-state index in [4.69, 9.17) is 4.74 Å². The highest BCUT2D eigenvalue weighted by atomic mass is 32.2. The maximum atomic E-state index is 11.9. The third-order valence-corrected chi connectivity index (χ3v) is 3.95. The second-order valence-corrected chi connectivity index (χ2v) is 5.47. The first-order valence-electron chi connectivity index (χ1n) is 6.70. The Kier molecular flexibility index (Phi) is 6.22. The molecule has 20 heavy (non-hydrogen) atoms. The molecule has 2 heterocycles. The van der Waals surface area contributed by atoms with Crippen LogP contribution in [0.5, 0.6) is 0 Å². The summed E-state index contributed by atoms with van der Waals surface area (Å²) < 4.78 is 6.96. The summed E-state index contributed by atoms with van der Waals surface area (Å²) in [7, 11) is 1.87. The number of carbonyl (C=O) groups is 1. The maximum Gasteiger partial charge on any atom is 0.230 e. The van der Waals surface area contributed by atoms with Gasteiger partial charge >= 0.3 is 0 Å². The average Bonchev–Trinajstić information content (AvgIpc) is 2.91. The first-order chi connectivity index (χ1) is 9.79. The van der Waals surface area contributed by atoms with Crippen LogP contribution in [0.3, 0.4) is 0 Å². The molecule has 0 aliphatic carbocycles. The lowest BCUT2D eigenvalue weighted by Gasteiger charge is -2.22. The number of rotatable bonds is 7. The minimum Gasteiger partial charge on any atom is -0.381 e.